The first-order valence-corrected chi connectivity index (χ1v) is 6.63. The average molecular weight is 288 g/mol. The molecule has 0 aromatic heterocycles. The molecule has 13 heavy (non-hydrogen) atoms. The van der Waals surface area contributed by atoms with Crippen molar-refractivity contribution in [3.63, 3.8) is 0 Å². The topological polar surface area (TPSA) is 0 Å². The molecule has 1 atom stereocenters. The van der Waals surface area contributed by atoms with Crippen molar-refractivity contribution in [1.82, 2.24) is 0 Å². The maximum atomic E-state index is 2.57. The fourth-order valence-electron chi connectivity index (χ4n) is 2.22. The van der Waals surface area contributed by atoms with Crippen LogP contribution in [-0.2, 0) is 0 Å². The summed E-state index contributed by atoms with van der Waals surface area (Å²) >= 11 is 2.57. The van der Waals surface area contributed by atoms with E-state index in [0.717, 1.165) is 3.92 Å². The average Bonchev–Trinajstić information content (AvgIpc) is 2.20. The number of alkyl halides is 1. The lowest BCUT2D eigenvalue weighted by molar-refractivity contribution is 0.677. The van der Waals surface area contributed by atoms with E-state index in [4.69, 9.17) is 0 Å². The van der Waals surface area contributed by atoms with E-state index in [1.54, 1.807) is 11.1 Å². The van der Waals surface area contributed by atoms with Crippen LogP contribution in [0, 0.1) is 0 Å². The van der Waals surface area contributed by atoms with Gasteiger partial charge in [-0.05, 0) is 56.1 Å². The molecule has 0 amide bonds. The van der Waals surface area contributed by atoms with Crippen molar-refractivity contribution in [3.8, 4) is 0 Å². The van der Waals surface area contributed by atoms with Crippen molar-refractivity contribution in [2.45, 2.75) is 48.9 Å². The molecule has 0 saturated carbocycles. The zero-order chi connectivity index (χ0) is 9.10. The van der Waals surface area contributed by atoms with Crippen molar-refractivity contribution in [3.05, 3.63) is 23.3 Å². The smallest absolute Gasteiger partial charge is 0.0147 e. The predicted octanol–water partition coefficient (Wildman–Crippen LogP) is 4.40. The molecule has 0 N–H and O–H groups in total. The molecule has 0 nitrogen and oxygen atoms in total. The maximum absolute atomic E-state index is 2.57. The van der Waals surface area contributed by atoms with Crippen molar-refractivity contribution >= 4 is 22.6 Å². The monoisotopic (exact) mass is 288 g/mol. The molecule has 0 radical (unpaired) electrons. The van der Waals surface area contributed by atoms with E-state index < -0.39 is 0 Å². The van der Waals surface area contributed by atoms with Gasteiger partial charge in [0, 0.05) is 3.92 Å². The van der Waals surface area contributed by atoms with Gasteiger partial charge in [0.1, 0.15) is 0 Å². The zero-order valence-corrected chi connectivity index (χ0v) is 10.2. The summed E-state index contributed by atoms with van der Waals surface area (Å²) in [5.41, 5.74) is 3.35. The Balaban J connectivity index is 2.03. The third-order valence-corrected chi connectivity index (χ3v) is 4.18. The highest BCUT2D eigenvalue weighted by atomic mass is 127. The minimum absolute atomic E-state index is 0.894. The standard InChI is InChI=1S/C12H17I/c13-12-8-6-11(7-9-12)10-4-2-1-3-5-10/h4,6,12H,1-3,5,7-9H2. The normalized spacial score (nSPS) is 29.5. The molecule has 0 heterocycles. The van der Waals surface area contributed by atoms with Gasteiger partial charge in [-0.3, -0.25) is 0 Å². The molecule has 0 aliphatic heterocycles. The summed E-state index contributed by atoms with van der Waals surface area (Å²) in [7, 11) is 0. The molecule has 2 aliphatic rings. The number of hydrogen-bond donors (Lipinski definition) is 0. The Bertz CT molecular complexity index is 238. The summed E-state index contributed by atoms with van der Waals surface area (Å²) in [6, 6.07) is 0. The highest BCUT2D eigenvalue weighted by Crippen LogP contribution is 2.32. The van der Waals surface area contributed by atoms with Gasteiger partial charge in [-0.1, -0.05) is 34.7 Å². The van der Waals surface area contributed by atoms with Gasteiger partial charge in [-0.2, -0.15) is 0 Å². The van der Waals surface area contributed by atoms with E-state index in [-0.39, 0.29) is 0 Å². The fourth-order valence-corrected chi connectivity index (χ4v) is 2.79. The van der Waals surface area contributed by atoms with Gasteiger partial charge in [-0.25, -0.2) is 0 Å². The fraction of sp³-hybridized carbons (Fsp3) is 0.667. The minimum atomic E-state index is 0.894. The van der Waals surface area contributed by atoms with Gasteiger partial charge in [0.2, 0.25) is 0 Å². The molecule has 1 heteroatoms. The SMILES string of the molecule is IC1CC=C(C2=CCCCC2)CC1. The second-order valence-corrected chi connectivity index (χ2v) is 5.84. The molecule has 0 aromatic rings. The van der Waals surface area contributed by atoms with Crippen LogP contribution in [0.5, 0.6) is 0 Å². The van der Waals surface area contributed by atoms with Gasteiger partial charge in [0.15, 0.2) is 0 Å². The van der Waals surface area contributed by atoms with Crippen LogP contribution in [0.15, 0.2) is 23.3 Å². The zero-order valence-electron chi connectivity index (χ0n) is 8.06. The molecule has 0 saturated heterocycles. The Hall–Kier alpha value is 0.210. The van der Waals surface area contributed by atoms with Crippen LogP contribution in [0.2, 0.25) is 0 Å². The highest BCUT2D eigenvalue weighted by molar-refractivity contribution is 14.1. The molecule has 0 aromatic carbocycles. The molecule has 2 rings (SSSR count). The van der Waals surface area contributed by atoms with Crippen LogP contribution < -0.4 is 0 Å². The van der Waals surface area contributed by atoms with Gasteiger partial charge in [0.05, 0.1) is 0 Å². The van der Waals surface area contributed by atoms with Crippen molar-refractivity contribution < 1.29 is 0 Å². The first kappa shape index (κ1) is 9.75. The van der Waals surface area contributed by atoms with Crippen molar-refractivity contribution in [2.75, 3.05) is 0 Å². The van der Waals surface area contributed by atoms with Crippen molar-refractivity contribution in [2.24, 2.45) is 0 Å². The predicted molar refractivity (Wildman–Crippen MR) is 66.3 cm³/mol. The van der Waals surface area contributed by atoms with E-state index in [1.807, 2.05) is 0 Å². The summed E-state index contributed by atoms with van der Waals surface area (Å²) in [6.07, 6.45) is 14.5. The molecule has 72 valence electrons. The third-order valence-electron chi connectivity index (χ3n) is 3.05. The highest BCUT2D eigenvalue weighted by Gasteiger charge is 2.15. The first-order valence-electron chi connectivity index (χ1n) is 5.39. The lowest BCUT2D eigenvalue weighted by Gasteiger charge is -2.21. The largest absolute Gasteiger partial charge is 0.0823 e. The van der Waals surface area contributed by atoms with E-state index in [0.29, 0.717) is 0 Å². The molecule has 1 unspecified atom stereocenters. The van der Waals surface area contributed by atoms with Crippen LogP contribution in [-0.4, -0.2) is 3.92 Å². The van der Waals surface area contributed by atoms with Gasteiger partial charge < -0.3 is 0 Å². The molecule has 0 bridgehead atoms. The third kappa shape index (κ3) is 2.58. The Kier molecular flexibility index (Phi) is 3.47. The lowest BCUT2D eigenvalue weighted by Crippen LogP contribution is -2.06. The molecular formula is C12H17I. The van der Waals surface area contributed by atoms with Gasteiger partial charge in [0.25, 0.3) is 0 Å². The van der Waals surface area contributed by atoms with E-state index in [2.05, 4.69) is 34.7 Å². The Labute approximate surface area is 94.6 Å². The summed E-state index contributed by atoms with van der Waals surface area (Å²) in [6.45, 7) is 0. The van der Waals surface area contributed by atoms with Crippen LogP contribution in [0.3, 0.4) is 0 Å². The number of hydrogen-bond acceptors (Lipinski definition) is 0. The lowest BCUT2D eigenvalue weighted by atomic mass is 9.87. The second-order valence-electron chi connectivity index (χ2n) is 4.08. The number of halogens is 1. The minimum Gasteiger partial charge on any atom is -0.0823 e. The maximum Gasteiger partial charge on any atom is 0.0147 e. The van der Waals surface area contributed by atoms with Crippen LogP contribution in [0.1, 0.15) is 44.9 Å². The van der Waals surface area contributed by atoms with E-state index in [1.165, 1.54) is 44.9 Å². The van der Waals surface area contributed by atoms with Crippen molar-refractivity contribution in [1.29, 1.82) is 0 Å². The van der Waals surface area contributed by atoms with E-state index in [9.17, 15) is 0 Å². The number of allylic oxidation sites excluding steroid dienone is 4. The van der Waals surface area contributed by atoms with E-state index >= 15 is 0 Å². The second kappa shape index (κ2) is 4.63. The Morgan fingerprint density at radius 3 is 2.54 bits per heavy atom. The van der Waals surface area contributed by atoms with Crippen LogP contribution in [0.4, 0.5) is 0 Å². The van der Waals surface area contributed by atoms with Crippen LogP contribution in [0.25, 0.3) is 0 Å². The number of rotatable bonds is 1. The summed E-state index contributed by atoms with van der Waals surface area (Å²) in [5, 5.41) is 0. The Morgan fingerprint density at radius 1 is 1.08 bits per heavy atom. The van der Waals surface area contributed by atoms with Gasteiger partial charge in [-0.15, -0.1) is 0 Å². The quantitative estimate of drug-likeness (QED) is 0.495. The van der Waals surface area contributed by atoms with Gasteiger partial charge >= 0.3 is 0 Å². The van der Waals surface area contributed by atoms with Crippen LogP contribution >= 0.6 is 22.6 Å². The summed E-state index contributed by atoms with van der Waals surface area (Å²) < 4.78 is 0.894. The first-order chi connectivity index (χ1) is 6.36. The molecular weight excluding hydrogens is 271 g/mol. The Morgan fingerprint density at radius 2 is 1.92 bits per heavy atom. The molecule has 2 aliphatic carbocycles. The molecule has 0 spiro atoms. The molecule has 0 fully saturated rings. The summed E-state index contributed by atoms with van der Waals surface area (Å²) in [4.78, 5) is 0. The summed E-state index contributed by atoms with van der Waals surface area (Å²) in [5.74, 6) is 0.